The van der Waals surface area contributed by atoms with Gasteiger partial charge in [-0.2, -0.15) is 0 Å². The Bertz CT molecular complexity index is 630. The second kappa shape index (κ2) is 6.92. The molecule has 0 saturated carbocycles. The molecule has 2 aromatic rings. The van der Waals surface area contributed by atoms with Crippen LogP contribution in [0.4, 0.5) is 4.39 Å². The highest BCUT2D eigenvalue weighted by molar-refractivity contribution is 6.30. The van der Waals surface area contributed by atoms with Crippen LogP contribution in [-0.4, -0.2) is 7.11 Å². The number of hydrogen-bond donors (Lipinski definition) is 1. The van der Waals surface area contributed by atoms with Gasteiger partial charge in [-0.25, -0.2) is 4.39 Å². The van der Waals surface area contributed by atoms with Crippen molar-refractivity contribution in [2.24, 2.45) is 0 Å². The van der Waals surface area contributed by atoms with Crippen molar-refractivity contribution in [2.75, 3.05) is 7.11 Å². The minimum absolute atomic E-state index is 0.0400. The van der Waals surface area contributed by atoms with Crippen LogP contribution < -0.4 is 10.1 Å². The third-order valence-corrected chi connectivity index (χ3v) is 3.77. The Morgan fingerprint density at radius 1 is 1.29 bits per heavy atom. The van der Waals surface area contributed by atoms with Crippen LogP contribution in [0, 0.1) is 12.7 Å². The van der Waals surface area contributed by atoms with E-state index in [-0.39, 0.29) is 16.9 Å². The summed E-state index contributed by atoms with van der Waals surface area (Å²) in [5.74, 6) is 0.460. The Balaban J connectivity index is 2.13. The standard InChI is InChI=1S/C17H19ClFNO/c1-11-7-8-16(21-3)14(9-11)12(2)20-10-13-5-4-6-15(18)17(13)19/h4-9,12,20H,10H2,1-3H3. The molecule has 2 rings (SSSR count). The van der Waals surface area contributed by atoms with Gasteiger partial charge in [0.25, 0.3) is 0 Å². The molecule has 2 nitrogen and oxygen atoms in total. The van der Waals surface area contributed by atoms with Gasteiger partial charge in [-0.05, 0) is 26.0 Å². The summed E-state index contributed by atoms with van der Waals surface area (Å²) < 4.78 is 19.2. The fourth-order valence-electron chi connectivity index (χ4n) is 2.25. The van der Waals surface area contributed by atoms with Crippen molar-refractivity contribution in [1.29, 1.82) is 0 Å². The van der Waals surface area contributed by atoms with E-state index in [2.05, 4.69) is 11.4 Å². The molecular formula is C17H19ClFNO. The lowest BCUT2D eigenvalue weighted by Crippen LogP contribution is -2.19. The molecule has 0 aliphatic heterocycles. The molecule has 0 bridgehead atoms. The number of benzene rings is 2. The maximum atomic E-state index is 13.9. The van der Waals surface area contributed by atoms with Crippen LogP contribution >= 0.6 is 11.6 Å². The zero-order valence-electron chi connectivity index (χ0n) is 12.4. The molecule has 0 aliphatic carbocycles. The van der Waals surface area contributed by atoms with Gasteiger partial charge in [-0.15, -0.1) is 0 Å². The van der Waals surface area contributed by atoms with Crippen LogP contribution in [0.15, 0.2) is 36.4 Å². The molecule has 112 valence electrons. The maximum absolute atomic E-state index is 13.9. The molecule has 0 saturated heterocycles. The molecule has 0 spiro atoms. The molecule has 0 aromatic heterocycles. The molecule has 0 heterocycles. The molecule has 4 heteroatoms. The average molecular weight is 308 g/mol. The fourth-order valence-corrected chi connectivity index (χ4v) is 2.44. The number of hydrogen-bond acceptors (Lipinski definition) is 2. The van der Waals surface area contributed by atoms with Crippen LogP contribution in [0.5, 0.6) is 5.75 Å². The van der Waals surface area contributed by atoms with Gasteiger partial charge in [-0.1, -0.05) is 41.4 Å². The van der Waals surface area contributed by atoms with Gasteiger partial charge in [-0.3, -0.25) is 0 Å². The van der Waals surface area contributed by atoms with Crippen molar-refractivity contribution in [3.05, 3.63) is 63.9 Å². The first-order chi connectivity index (χ1) is 10.0. The molecule has 1 atom stereocenters. The number of nitrogens with one attached hydrogen (secondary N) is 1. The lowest BCUT2D eigenvalue weighted by molar-refractivity contribution is 0.401. The van der Waals surface area contributed by atoms with E-state index < -0.39 is 0 Å². The normalized spacial score (nSPS) is 12.2. The van der Waals surface area contributed by atoms with Crippen LogP contribution in [0.25, 0.3) is 0 Å². The highest BCUT2D eigenvalue weighted by Gasteiger charge is 2.13. The number of ether oxygens (including phenoxy) is 1. The Morgan fingerprint density at radius 3 is 2.76 bits per heavy atom. The van der Waals surface area contributed by atoms with Crippen molar-refractivity contribution in [3.8, 4) is 5.75 Å². The number of rotatable bonds is 5. The summed E-state index contributed by atoms with van der Waals surface area (Å²) in [5, 5.41) is 3.45. The van der Waals surface area contributed by atoms with Gasteiger partial charge in [0, 0.05) is 23.7 Å². The third kappa shape index (κ3) is 3.74. The largest absolute Gasteiger partial charge is 0.496 e. The summed E-state index contributed by atoms with van der Waals surface area (Å²) >= 11 is 5.79. The molecule has 2 aromatic carbocycles. The molecule has 0 amide bonds. The van der Waals surface area contributed by atoms with E-state index in [0.29, 0.717) is 12.1 Å². The van der Waals surface area contributed by atoms with Gasteiger partial charge in [0.2, 0.25) is 0 Å². The van der Waals surface area contributed by atoms with Crippen molar-refractivity contribution in [3.63, 3.8) is 0 Å². The van der Waals surface area contributed by atoms with Crippen molar-refractivity contribution >= 4 is 11.6 Å². The first-order valence-corrected chi connectivity index (χ1v) is 7.21. The summed E-state index contributed by atoms with van der Waals surface area (Å²) in [5.41, 5.74) is 2.77. The molecule has 0 fully saturated rings. The summed E-state index contributed by atoms with van der Waals surface area (Å²) in [6.07, 6.45) is 0. The monoisotopic (exact) mass is 307 g/mol. The van der Waals surface area contributed by atoms with Gasteiger partial charge in [0.1, 0.15) is 11.6 Å². The minimum atomic E-state index is -0.366. The molecular weight excluding hydrogens is 289 g/mol. The van der Waals surface area contributed by atoms with E-state index in [4.69, 9.17) is 16.3 Å². The second-order valence-corrected chi connectivity index (χ2v) is 5.47. The fraction of sp³-hybridized carbons (Fsp3) is 0.294. The molecule has 0 aliphatic rings. The van der Waals surface area contributed by atoms with Crippen LogP contribution in [0.3, 0.4) is 0 Å². The van der Waals surface area contributed by atoms with Crippen molar-refractivity contribution in [2.45, 2.75) is 26.4 Å². The second-order valence-electron chi connectivity index (χ2n) is 5.06. The van der Waals surface area contributed by atoms with Crippen molar-refractivity contribution in [1.82, 2.24) is 5.32 Å². The molecule has 1 unspecified atom stereocenters. The van der Waals surface area contributed by atoms with Gasteiger partial charge in [0.05, 0.1) is 12.1 Å². The molecule has 1 N–H and O–H groups in total. The van der Waals surface area contributed by atoms with Crippen LogP contribution in [0.1, 0.15) is 29.7 Å². The molecule has 21 heavy (non-hydrogen) atoms. The Kier molecular flexibility index (Phi) is 5.21. The average Bonchev–Trinajstić information content (AvgIpc) is 2.48. The van der Waals surface area contributed by atoms with Crippen molar-refractivity contribution < 1.29 is 9.13 Å². The number of halogens is 2. The smallest absolute Gasteiger partial charge is 0.146 e. The SMILES string of the molecule is COc1ccc(C)cc1C(C)NCc1cccc(Cl)c1F. The van der Waals surface area contributed by atoms with E-state index in [0.717, 1.165) is 16.9 Å². The van der Waals surface area contributed by atoms with E-state index >= 15 is 0 Å². The predicted molar refractivity (Wildman–Crippen MR) is 84.4 cm³/mol. The molecule has 0 radical (unpaired) electrons. The van der Waals surface area contributed by atoms with E-state index in [1.54, 1.807) is 25.3 Å². The number of methoxy groups -OCH3 is 1. The van der Waals surface area contributed by atoms with Gasteiger partial charge < -0.3 is 10.1 Å². The topological polar surface area (TPSA) is 21.3 Å². The summed E-state index contributed by atoms with van der Waals surface area (Å²) in [6, 6.07) is 11.1. The van der Waals surface area contributed by atoms with E-state index in [9.17, 15) is 4.39 Å². The van der Waals surface area contributed by atoms with Gasteiger partial charge >= 0.3 is 0 Å². The first kappa shape index (κ1) is 15.8. The summed E-state index contributed by atoms with van der Waals surface area (Å²) in [6.45, 7) is 4.47. The summed E-state index contributed by atoms with van der Waals surface area (Å²) in [7, 11) is 1.65. The Hall–Kier alpha value is -1.58. The van der Waals surface area contributed by atoms with Crippen LogP contribution in [0.2, 0.25) is 5.02 Å². The Labute approximate surface area is 129 Å². The van der Waals surface area contributed by atoms with Crippen LogP contribution in [-0.2, 0) is 6.54 Å². The van der Waals surface area contributed by atoms with E-state index in [1.165, 1.54) is 0 Å². The highest BCUT2D eigenvalue weighted by Crippen LogP contribution is 2.26. The van der Waals surface area contributed by atoms with Gasteiger partial charge in [0.15, 0.2) is 0 Å². The van der Waals surface area contributed by atoms with E-state index in [1.807, 2.05) is 26.0 Å². The lowest BCUT2D eigenvalue weighted by Gasteiger charge is -2.18. The summed E-state index contributed by atoms with van der Waals surface area (Å²) in [4.78, 5) is 0. The third-order valence-electron chi connectivity index (χ3n) is 3.48. The first-order valence-electron chi connectivity index (χ1n) is 6.83. The Morgan fingerprint density at radius 2 is 2.05 bits per heavy atom. The number of aryl methyl sites for hydroxylation is 1. The lowest BCUT2D eigenvalue weighted by atomic mass is 10.0. The highest BCUT2D eigenvalue weighted by atomic mass is 35.5. The maximum Gasteiger partial charge on any atom is 0.146 e. The minimum Gasteiger partial charge on any atom is -0.496 e. The predicted octanol–water partition coefficient (Wildman–Crippen LogP) is 4.65. The zero-order valence-corrected chi connectivity index (χ0v) is 13.2. The quantitative estimate of drug-likeness (QED) is 0.868. The zero-order chi connectivity index (χ0) is 15.4.